The van der Waals surface area contributed by atoms with Gasteiger partial charge >= 0.3 is 0 Å². The van der Waals surface area contributed by atoms with E-state index in [-0.39, 0.29) is 0 Å². The van der Waals surface area contributed by atoms with Crippen LogP contribution in [0.15, 0.2) is 72.8 Å². The molecule has 0 fully saturated rings. The number of hydrogen-bond donors (Lipinski definition) is 1. The van der Waals surface area contributed by atoms with Crippen molar-refractivity contribution in [2.75, 3.05) is 0 Å². The number of fused-ring (bicyclic) bond motifs is 1. The third-order valence-electron chi connectivity index (χ3n) is 3.96. The number of imidazole rings is 1. The Morgan fingerprint density at radius 2 is 1.41 bits per heavy atom. The largest absolute Gasteiger partial charge is 0.338 e. The van der Waals surface area contributed by atoms with Gasteiger partial charge in [0.15, 0.2) is 0 Å². The zero-order valence-corrected chi connectivity index (χ0v) is 12.4. The molecule has 1 N–H and O–H groups in total. The average Bonchev–Trinajstić information content (AvgIpc) is 2.98. The van der Waals surface area contributed by atoms with Crippen LogP contribution in [0.25, 0.3) is 33.5 Å². The molecule has 1 aromatic heterocycles. The lowest BCUT2D eigenvalue weighted by Gasteiger charge is -2.05. The highest BCUT2D eigenvalue weighted by Gasteiger charge is 2.09. The lowest BCUT2D eigenvalue weighted by Crippen LogP contribution is -1.83. The molecule has 4 aromatic rings. The second-order valence-electron chi connectivity index (χ2n) is 5.50. The number of aromatic nitrogens is 2. The molecule has 0 bridgehead atoms. The Hall–Kier alpha value is -2.87. The standard InChI is InChI=1S/C20H16N2/c1-14-12-18-19(13-17(14)15-8-4-2-5-9-15)22-20(21-18)16-10-6-3-7-11-16/h2-13H,1H3,(H,21,22). The van der Waals surface area contributed by atoms with Crippen LogP contribution in [-0.4, -0.2) is 9.97 Å². The Morgan fingerprint density at radius 1 is 0.773 bits per heavy atom. The zero-order chi connectivity index (χ0) is 14.9. The number of aryl methyl sites for hydroxylation is 1. The van der Waals surface area contributed by atoms with Crippen LogP contribution in [0.3, 0.4) is 0 Å². The van der Waals surface area contributed by atoms with E-state index in [0.717, 1.165) is 22.4 Å². The van der Waals surface area contributed by atoms with Crippen LogP contribution < -0.4 is 0 Å². The molecule has 0 aliphatic heterocycles. The van der Waals surface area contributed by atoms with Gasteiger partial charge in [0, 0.05) is 5.56 Å². The summed E-state index contributed by atoms with van der Waals surface area (Å²) < 4.78 is 0. The van der Waals surface area contributed by atoms with Crippen LogP contribution in [0.4, 0.5) is 0 Å². The molecule has 0 atom stereocenters. The van der Waals surface area contributed by atoms with Gasteiger partial charge in [0.1, 0.15) is 5.82 Å². The lowest BCUT2D eigenvalue weighted by molar-refractivity contribution is 1.34. The van der Waals surface area contributed by atoms with Crippen molar-refractivity contribution in [3.05, 3.63) is 78.4 Å². The minimum Gasteiger partial charge on any atom is -0.338 e. The number of aromatic amines is 1. The van der Waals surface area contributed by atoms with Crippen molar-refractivity contribution >= 4 is 11.0 Å². The fraction of sp³-hybridized carbons (Fsp3) is 0.0500. The molecule has 0 radical (unpaired) electrons. The minimum absolute atomic E-state index is 0.917. The fourth-order valence-corrected chi connectivity index (χ4v) is 2.83. The molecule has 22 heavy (non-hydrogen) atoms. The first-order valence-corrected chi connectivity index (χ1v) is 7.42. The summed E-state index contributed by atoms with van der Waals surface area (Å²) in [6, 6.07) is 25.0. The summed E-state index contributed by atoms with van der Waals surface area (Å²) in [6.45, 7) is 2.14. The summed E-state index contributed by atoms with van der Waals surface area (Å²) in [6.07, 6.45) is 0. The van der Waals surface area contributed by atoms with Crippen molar-refractivity contribution in [3.8, 4) is 22.5 Å². The first-order chi connectivity index (χ1) is 10.8. The van der Waals surface area contributed by atoms with Crippen molar-refractivity contribution in [2.45, 2.75) is 6.92 Å². The summed E-state index contributed by atoms with van der Waals surface area (Å²) in [5.74, 6) is 0.917. The molecule has 0 aliphatic carbocycles. The Bertz CT molecular complexity index is 922. The van der Waals surface area contributed by atoms with E-state index >= 15 is 0 Å². The first kappa shape index (κ1) is 12.8. The predicted octanol–water partition coefficient (Wildman–Crippen LogP) is 5.21. The third kappa shape index (κ3) is 2.19. The fourth-order valence-electron chi connectivity index (χ4n) is 2.83. The summed E-state index contributed by atoms with van der Waals surface area (Å²) >= 11 is 0. The van der Waals surface area contributed by atoms with Crippen molar-refractivity contribution in [2.24, 2.45) is 0 Å². The van der Waals surface area contributed by atoms with E-state index in [1.165, 1.54) is 16.7 Å². The van der Waals surface area contributed by atoms with Crippen molar-refractivity contribution in [1.82, 2.24) is 9.97 Å². The average molecular weight is 284 g/mol. The van der Waals surface area contributed by atoms with Crippen molar-refractivity contribution in [1.29, 1.82) is 0 Å². The monoisotopic (exact) mass is 284 g/mol. The van der Waals surface area contributed by atoms with Crippen molar-refractivity contribution < 1.29 is 0 Å². The number of nitrogens with one attached hydrogen (secondary N) is 1. The van der Waals surface area contributed by atoms with Crippen LogP contribution in [0.5, 0.6) is 0 Å². The predicted molar refractivity (Wildman–Crippen MR) is 91.7 cm³/mol. The molecule has 0 unspecified atom stereocenters. The molecule has 2 nitrogen and oxygen atoms in total. The van der Waals surface area contributed by atoms with Crippen LogP contribution >= 0.6 is 0 Å². The van der Waals surface area contributed by atoms with Gasteiger partial charge in [-0.2, -0.15) is 0 Å². The molecule has 1 heterocycles. The van der Waals surface area contributed by atoms with Gasteiger partial charge in [-0.3, -0.25) is 0 Å². The van der Waals surface area contributed by atoms with Crippen LogP contribution in [0.1, 0.15) is 5.56 Å². The second-order valence-corrected chi connectivity index (χ2v) is 5.50. The van der Waals surface area contributed by atoms with Gasteiger partial charge in [-0.1, -0.05) is 60.7 Å². The van der Waals surface area contributed by atoms with Gasteiger partial charge < -0.3 is 4.98 Å². The van der Waals surface area contributed by atoms with E-state index < -0.39 is 0 Å². The van der Waals surface area contributed by atoms with Crippen LogP contribution in [0.2, 0.25) is 0 Å². The van der Waals surface area contributed by atoms with Crippen LogP contribution in [0, 0.1) is 6.92 Å². The Kier molecular flexibility index (Phi) is 3.01. The quantitative estimate of drug-likeness (QED) is 0.538. The SMILES string of the molecule is Cc1cc2[nH]c(-c3ccccc3)nc2cc1-c1ccccc1. The maximum atomic E-state index is 4.75. The summed E-state index contributed by atoms with van der Waals surface area (Å²) in [7, 11) is 0. The van der Waals surface area contributed by atoms with Crippen LogP contribution in [-0.2, 0) is 0 Å². The molecule has 0 aliphatic rings. The molecule has 2 heteroatoms. The zero-order valence-electron chi connectivity index (χ0n) is 12.4. The number of benzene rings is 3. The Morgan fingerprint density at radius 3 is 2.09 bits per heavy atom. The molecule has 3 aromatic carbocycles. The normalized spacial score (nSPS) is 11.0. The summed E-state index contributed by atoms with van der Waals surface area (Å²) in [5, 5.41) is 0. The molecule has 0 amide bonds. The van der Waals surface area contributed by atoms with E-state index in [1.807, 2.05) is 24.3 Å². The molecular weight excluding hydrogens is 268 g/mol. The Labute approximate surface area is 129 Å². The van der Waals surface area contributed by atoms with E-state index in [2.05, 4.69) is 60.4 Å². The highest BCUT2D eigenvalue weighted by atomic mass is 14.9. The van der Waals surface area contributed by atoms with Gasteiger partial charge in [-0.25, -0.2) is 4.98 Å². The van der Waals surface area contributed by atoms with Gasteiger partial charge in [-0.05, 0) is 35.7 Å². The molecule has 4 rings (SSSR count). The van der Waals surface area contributed by atoms with Crippen molar-refractivity contribution in [3.63, 3.8) is 0 Å². The van der Waals surface area contributed by atoms with Gasteiger partial charge in [0.2, 0.25) is 0 Å². The maximum Gasteiger partial charge on any atom is 0.138 e. The third-order valence-corrected chi connectivity index (χ3v) is 3.96. The first-order valence-electron chi connectivity index (χ1n) is 7.42. The summed E-state index contributed by atoms with van der Waals surface area (Å²) in [4.78, 5) is 8.17. The molecular formula is C20H16N2. The van der Waals surface area contributed by atoms with E-state index in [1.54, 1.807) is 0 Å². The summed E-state index contributed by atoms with van der Waals surface area (Å²) in [5.41, 5.74) is 6.91. The molecule has 106 valence electrons. The molecule has 0 saturated heterocycles. The lowest BCUT2D eigenvalue weighted by atomic mass is 10.00. The van der Waals surface area contributed by atoms with Gasteiger partial charge in [0.05, 0.1) is 11.0 Å². The van der Waals surface area contributed by atoms with E-state index in [4.69, 9.17) is 4.98 Å². The smallest absolute Gasteiger partial charge is 0.138 e. The topological polar surface area (TPSA) is 28.7 Å². The van der Waals surface area contributed by atoms with Gasteiger partial charge in [-0.15, -0.1) is 0 Å². The van der Waals surface area contributed by atoms with E-state index in [9.17, 15) is 0 Å². The highest BCUT2D eigenvalue weighted by molar-refractivity contribution is 5.86. The van der Waals surface area contributed by atoms with E-state index in [0.29, 0.717) is 0 Å². The minimum atomic E-state index is 0.917. The highest BCUT2D eigenvalue weighted by Crippen LogP contribution is 2.29. The Balaban J connectivity index is 1.88. The maximum absolute atomic E-state index is 4.75. The number of H-pyrrole nitrogens is 1. The van der Waals surface area contributed by atoms with Gasteiger partial charge in [0.25, 0.3) is 0 Å². The molecule has 0 spiro atoms. The number of hydrogen-bond acceptors (Lipinski definition) is 1. The second kappa shape index (κ2) is 5.15. The number of rotatable bonds is 2. The molecule has 0 saturated carbocycles. The number of nitrogens with zero attached hydrogens (tertiary/aromatic N) is 1.